The summed E-state index contributed by atoms with van der Waals surface area (Å²) >= 11 is 0. The highest BCUT2D eigenvalue weighted by Gasteiger charge is 2.31. The van der Waals surface area contributed by atoms with Gasteiger partial charge in [0.2, 0.25) is 5.91 Å². The van der Waals surface area contributed by atoms with Crippen molar-refractivity contribution in [1.29, 1.82) is 0 Å². The van der Waals surface area contributed by atoms with Crippen LogP contribution in [-0.2, 0) is 4.79 Å². The van der Waals surface area contributed by atoms with E-state index in [1.807, 2.05) is 12.1 Å². The van der Waals surface area contributed by atoms with Crippen LogP contribution in [-0.4, -0.2) is 18.4 Å². The molecule has 3 aromatic rings. The summed E-state index contributed by atoms with van der Waals surface area (Å²) in [7, 11) is 0. The minimum atomic E-state index is -0.869. The van der Waals surface area contributed by atoms with Gasteiger partial charge in [-0.1, -0.05) is 30.3 Å². The number of carbonyl (C=O) groups is 2. The fourth-order valence-electron chi connectivity index (χ4n) is 3.08. The highest BCUT2D eigenvalue weighted by molar-refractivity contribution is 6.26. The van der Waals surface area contributed by atoms with Crippen LogP contribution in [0.25, 0.3) is 10.8 Å². The zero-order valence-electron chi connectivity index (χ0n) is 12.9. The Bertz CT molecular complexity index is 1010. The van der Waals surface area contributed by atoms with E-state index in [9.17, 15) is 18.4 Å². The minimum Gasteiger partial charge on any atom is -0.320 e. The maximum Gasteiger partial charge on any atom is 0.259 e. The van der Waals surface area contributed by atoms with Crippen LogP contribution >= 0.6 is 0 Å². The molecule has 0 atom stereocenters. The molecule has 124 valence electrons. The van der Waals surface area contributed by atoms with Crippen LogP contribution < -0.4 is 10.2 Å². The first-order valence-corrected chi connectivity index (χ1v) is 7.64. The van der Waals surface area contributed by atoms with Crippen LogP contribution in [0.5, 0.6) is 0 Å². The number of anilines is 2. The van der Waals surface area contributed by atoms with Gasteiger partial charge in [0.05, 0.1) is 5.69 Å². The fourth-order valence-corrected chi connectivity index (χ4v) is 3.08. The molecule has 0 spiro atoms. The highest BCUT2D eigenvalue weighted by Crippen LogP contribution is 2.37. The number of hydrogen-bond acceptors (Lipinski definition) is 2. The summed E-state index contributed by atoms with van der Waals surface area (Å²) in [5.41, 5.74) is 0.607. The molecule has 1 aliphatic heterocycles. The Morgan fingerprint density at radius 3 is 2.32 bits per heavy atom. The van der Waals surface area contributed by atoms with Crippen molar-refractivity contribution in [3.8, 4) is 0 Å². The second-order valence-electron chi connectivity index (χ2n) is 5.72. The van der Waals surface area contributed by atoms with Gasteiger partial charge in [-0.25, -0.2) is 8.78 Å². The third kappa shape index (κ3) is 2.42. The summed E-state index contributed by atoms with van der Waals surface area (Å²) in [6.45, 7) is -0.333. The minimum absolute atomic E-state index is 0.309. The molecule has 0 aromatic heterocycles. The molecule has 0 radical (unpaired) electrons. The zero-order chi connectivity index (χ0) is 17.6. The molecule has 4 nitrogen and oxygen atoms in total. The van der Waals surface area contributed by atoms with E-state index in [2.05, 4.69) is 5.32 Å². The molecule has 3 aromatic carbocycles. The summed E-state index contributed by atoms with van der Waals surface area (Å²) in [6, 6.07) is 14.1. The molecule has 25 heavy (non-hydrogen) atoms. The van der Waals surface area contributed by atoms with E-state index >= 15 is 0 Å². The van der Waals surface area contributed by atoms with Crippen molar-refractivity contribution in [2.75, 3.05) is 16.8 Å². The van der Waals surface area contributed by atoms with Crippen LogP contribution in [0.4, 0.5) is 20.2 Å². The van der Waals surface area contributed by atoms with E-state index in [-0.39, 0.29) is 12.5 Å². The van der Waals surface area contributed by atoms with Crippen molar-refractivity contribution in [2.45, 2.75) is 0 Å². The Morgan fingerprint density at radius 1 is 0.960 bits per heavy atom. The topological polar surface area (TPSA) is 49.4 Å². The van der Waals surface area contributed by atoms with Gasteiger partial charge in [-0.3, -0.25) is 14.5 Å². The van der Waals surface area contributed by atoms with Gasteiger partial charge in [0.25, 0.3) is 5.91 Å². The van der Waals surface area contributed by atoms with Gasteiger partial charge in [-0.05, 0) is 29.7 Å². The first-order chi connectivity index (χ1) is 12.1. The van der Waals surface area contributed by atoms with E-state index in [4.69, 9.17) is 0 Å². The maximum absolute atomic E-state index is 13.7. The Labute approximate surface area is 141 Å². The molecular weight excluding hydrogens is 326 g/mol. The Morgan fingerprint density at radius 2 is 1.60 bits per heavy atom. The molecule has 4 rings (SSSR count). The van der Waals surface area contributed by atoms with Gasteiger partial charge in [0.1, 0.15) is 23.9 Å². The van der Waals surface area contributed by atoms with Gasteiger partial charge in [-0.2, -0.15) is 0 Å². The van der Waals surface area contributed by atoms with E-state index < -0.39 is 23.2 Å². The number of halogens is 2. The zero-order valence-corrected chi connectivity index (χ0v) is 12.9. The number of rotatable bonds is 3. The normalized spacial score (nSPS) is 12.7. The summed E-state index contributed by atoms with van der Waals surface area (Å²) in [4.78, 5) is 26.2. The van der Waals surface area contributed by atoms with Crippen molar-refractivity contribution in [2.24, 2.45) is 0 Å². The van der Waals surface area contributed by atoms with Crippen molar-refractivity contribution in [3.63, 3.8) is 0 Å². The third-order valence-corrected chi connectivity index (χ3v) is 4.18. The predicted molar refractivity (Wildman–Crippen MR) is 90.6 cm³/mol. The molecule has 6 heteroatoms. The monoisotopic (exact) mass is 338 g/mol. The van der Waals surface area contributed by atoms with Crippen LogP contribution in [0, 0.1) is 11.6 Å². The fraction of sp³-hybridized carbons (Fsp3) is 0.0526. The average Bonchev–Trinajstić information content (AvgIpc) is 2.87. The van der Waals surface area contributed by atoms with Gasteiger partial charge in [0.15, 0.2) is 0 Å². The summed E-state index contributed by atoms with van der Waals surface area (Å²) in [5, 5.41) is 3.87. The van der Waals surface area contributed by atoms with E-state index in [1.54, 1.807) is 24.3 Å². The van der Waals surface area contributed by atoms with Crippen LogP contribution in [0.1, 0.15) is 10.4 Å². The van der Waals surface area contributed by atoms with Crippen molar-refractivity contribution >= 4 is 34.0 Å². The van der Waals surface area contributed by atoms with Crippen LogP contribution in [0.2, 0.25) is 0 Å². The predicted octanol–water partition coefficient (Wildman–Crippen LogP) is 3.72. The lowest BCUT2D eigenvalue weighted by Crippen LogP contribution is -2.35. The third-order valence-electron chi connectivity index (χ3n) is 4.18. The lowest BCUT2D eigenvalue weighted by Gasteiger charge is -2.17. The number of carbonyl (C=O) groups excluding carboxylic acids is 2. The van der Waals surface area contributed by atoms with Gasteiger partial charge >= 0.3 is 0 Å². The summed E-state index contributed by atoms with van der Waals surface area (Å²) in [6.07, 6.45) is 0. The molecular formula is C19H12F2N2O2. The molecule has 1 heterocycles. The number of amides is 2. The van der Waals surface area contributed by atoms with Crippen LogP contribution in [0.3, 0.4) is 0 Å². The quantitative estimate of drug-likeness (QED) is 0.791. The first-order valence-electron chi connectivity index (χ1n) is 7.64. The number of hydrogen-bond donors (Lipinski definition) is 1. The number of nitrogens with zero attached hydrogens (tertiary/aromatic N) is 1. The maximum atomic E-state index is 13.7. The van der Waals surface area contributed by atoms with E-state index in [0.29, 0.717) is 11.3 Å². The molecule has 0 saturated carbocycles. The van der Waals surface area contributed by atoms with E-state index in [0.717, 1.165) is 22.9 Å². The highest BCUT2D eigenvalue weighted by atomic mass is 19.1. The number of nitrogens with one attached hydrogen (secondary N) is 1. The number of para-hydroxylation sites is 1. The Hall–Kier alpha value is -3.28. The largest absolute Gasteiger partial charge is 0.320 e. The van der Waals surface area contributed by atoms with Crippen LogP contribution in [0.15, 0.2) is 54.6 Å². The molecule has 0 fully saturated rings. The van der Waals surface area contributed by atoms with Crippen molar-refractivity contribution in [1.82, 2.24) is 0 Å². The molecule has 0 bridgehead atoms. The number of benzene rings is 3. The SMILES string of the molecule is O=C(CN1C(=O)c2cccc3cccc1c23)Nc1c(F)cccc1F. The summed E-state index contributed by atoms with van der Waals surface area (Å²) < 4.78 is 27.3. The molecule has 1 aliphatic rings. The Kier molecular flexibility index (Phi) is 3.46. The average molecular weight is 338 g/mol. The summed E-state index contributed by atoms with van der Waals surface area (Å²) in [5.74, 6) is -2.73. The standard InChI is InChI=1S/C19H12F2N2O2/c20-13-7-3-8-14(21)18(13)22-16(24)10-23-15-9-2-5-11-4-1-6-12(17(11)15)19(23)25/h1-9H,10H2,(H,22,24). The molecule has 2 amide bonds. The second kappa shape index (κ2) is 5.66. The van der Waals surface area contributed by atoms with Gasteiger partial charge < -0.3 is 5.32 Å². The lowest BCUT2D eigenvalue weighted by molar-refractivity contribution is -0.115. The smallest absolute Gasteiger partial charge is 0.259 e. The van der Waals surface area contributed by atoms with E-state index in [1.165, 1.54) is 11.0 Å². The molecule has 0 aliphatic carbocycles. The van der Waals surface area contributed by atoms with Crippen molar-refractivity contribution in [3.05, 3.63) is 71.8 Å². The van der Waals surface area contributed by atoms with Gasteiger partial charge in [-0.15, -0.1) is 0 Å². The molecule has 1 N–H and O–H groups in total. The lowest BCUT2D eigenvalue weighted by atomic mass is 10.1. The Balaban J connectivity index is 1.63. The van der Waals surface area contributed by atoms with Gasteiger partial charge in [0, 0.05) is 10.9 Å². The molecule has 0 unspecified atom stereocenters. The first kappa shape index (κ1) is 15.3. The molecule has 0 saturated heterocycles. The second-order valence-corrected chi connectivity index (χ2v) is 5.72. The van der Waals surface area contributed by atoms with Crippen molar-refractivity contribution < 1.29 is 18.4 Å².